The van der Waals surface area contributed by atoms with Gasteiger partial charge in [-0.1, -0.05) is 23.7 Å². The summed E-state index contributed by atoms with van der Waals surface area (Å²) < 4.78 is 5.37. The average molecular weight is 492 g/mol. The van der Waals surface area contributed by atoms with Crippen molar-refractivity contribution in [3.63, 3.8) is 0 Å². The molecule has 1 aliphatic rings. The zero-order valence-corrected chi connectivity index (χ0v) is 20.9. The highest BCUT2D eigenvalue weighted by Gasteiger charge is 2.47. The minimum absolute atomic E-state index is 0.0531. The molecule has 1 aliphatic heterocycles. The van der Waals surface area contributed by atoms with Gasteiger partial charge in [-0.15, -0.1) is 0 Å². The van der Waals surface area contributed by atoms with Gasteiger partial charge in [-0.05, 0) is 91.9 Å². The van der Waals surface area contributed by atoms with E-state index >= 15 is 0 Å². The van der Waals surface area contributed by atoms with Gasteiger partial charge < -0.3 is 14.9 Å². The first-order valence-electron chi connectivity index (χ1n) is 11.1. The molecule has 1 heterocycles. The Hall–Kier alpha value is -3.77. The zero-order chi connectivity index (χ0) is 25.6. The fourth-order valence-electron chi connectivity index (χ4n) is 4.39. The van der Waals surface area contributed by atoms with E-state index in [0.717, 1.165) is 16.7 Å². The number of carbonyl (C=O) groups is 2. The fourth-order valence-corrected chi connectivity index (χ4v) is 4.58. The van der Waals surface area contributed by atoms with Crippen LogP contribution in [0.3, 0.4) is 0 Å². The summed E-state index contributed by atoms with van der Waals surface area (Å²) in [6, 6.07) is 12.5. The first-order chi connectivity index (χ1) is 16.5. The summed E-state index contributed by atoms with van der Waals surface area (Å²) in [6.45, 7) is 7.51. The van der Waals surface area contributed by atoms with E-state index in [1.807, 2.05) is 32.9 Å². The number of phenols is 1. The first kappa shape index (κ1) is 24.4. The second-order valence-electron chi connectivity index (χ2n) is 8.79. The third-order valence-corrected chi connectivity index (χ3v) is 6.80. The SMILES string of the molecule is COc1cc(C)c(/C(O)=C2\C(=O)C(=O)N(c3ccc(C)c(C)c3)C2c2ccc(O)c(Cl)c2)cc1C. The second-order valence-corrected chi connectivity index (χ2v) is 9.19. The van der Waals surface area contributed by atoms with Gasteiger partial charge in [-0.2, -0.15) is 0 Å². The molecule has 180 valence electrons. The Balaban J connectivity index is 2.00. The molecule has 3 aromatic carbocycles. The molecule has 6 nitrogen and oxygen atoms in total. The molecule has 0 saturated carbocycles. The van der Waals surface area contributed by atoms with Crippen LogP contribution in [0.15, 0.2) is 54.1 Å². The lowest BCUT2D eigenvalue weighted by Crippen LogP contribution is -2.29. The molecule has 35 heavy (non-hydrogen) atoms. The van der Waals surface area contributed by atoms with Crippen LogP contribution in [0.5, 0.6) is 11.5 Å². The van der Waals surface area contributed by atoms with Crippen molar-refractivity contribution in [2.45, 2.75) is 33.7 Å². The van der Waals surface area contributed by atoms with Gasteiger partial charge in [0.1, 0.15) is 17.3 Å². The maximum absolute atomic E-state index is 13.4. The van der Waals surface area contributed by atoms with Gasteiger partial charge in [0.15, 0.2) is 0 Å². The van der Waals surface area contributed by atoms with Crippen LogP contribution < -0.4 is 9.64 Å². The molecule has 0 spiro atoms. The summed E-state index contributed by atoms with van der Waals surface area (Å²) in [4.78, 5) is 28.1. The smallest absolute Gasteiger partial charge is 0.300 e. The third-order valence-electron chi connectivity index (χ3n) is 6.50. The maximum Gasteiger partial charge on any atom is 0.300 e. The van der Waals surface area contributed by atoms with Crippen molar-refractivity contribution in [3.05, 3.63) is 92.5 Å². The van der Waals surface area contributed by atoms with Crippen LogP contribution in [-0.4, -0.2) is 29.0 Å². The zero-order valence-electron chi connectivity index (χ0n) is 20.1. The second kappa shape index (κ2) is 9.12. The Bertz CT molecular complexity index is 1410. The van der Waals surface area contributed by atoms with Crippen molar-refractivity contribution >= 4 is 34.7 Å². The molecule has 7 heteroatoms. The molecular formula is C28H26ClNO5. The molecule has 0 bridgehead atoms. The van der Waals surface area contributed by atoms with Crippen LogP contribution in [0.25, 0.3) is 5.76 Å². The number of carbonyl (C=O) groups excluding carboxylic acids is 2. The maximum atomic E-state index is 13.4. The quantitative estimate of drug-likeness (QED) is 0.269. The van der Waals surface area contributed by atoms with Crippen LogP contribution in [0.1, 0.15) is 39.4 Å². The van der Waals surface area contributed by atoms with E-state index in [2.05, 4.69) is 0 Å². The Labute approximate surface area is 209 Å². The molecule has 0 aliphatic carbocycles. The number of benzene rings is 3. The molecule has 3 aromatic rings. The molecule has 4 rings (SSSR count). The summed E-state index contributed by atoms with van der Waals surface area (Å²) >= 11 is 6.20. The molecule has 2 N–H and O–H groups in total. The Kier molecular flexibility index (Phi) is 6.34. The molecule has 1 amide bonds. The number of hydrogen-bond acceptors (Lipinski definition) is 5. The summed E-state index contributed by atoms with van der Waals surface area (Å²) in [5, 5.41) is 21.5. The predicted molar refractivity (Wildman–Crippen MR) is 136 cm³/mol. The van der Waals surface area contributed by atoms with Gasteiger partial charge in [0, 0.05) is 11.3 Å². The van der Waals surface area contributed by atoms with Gasteiger partial charge in [0.2, 0.25) is 0 Å². The monoisotopic (exact) mass is 491 g/mol. The highest BCUT2D eigenvalue weighted by atomic mass is 35.5. The van der Waals surface area contributed by atoms with Crippen molar-refractivity contribution in [1.29, 1.82) is 0 Å². The van der Waals surface area contributed by atoms with Crippen LogP contribution in [0, 0.1) is 27.7 Å². The topological polar surface area (TPSA) is 87.1 Å². The average Bonchev–Trinajstić information content (AvgIpc) is 3.08. The molecule has 0 radical (unpaired) electrons. The van der Waals surface area contributed by atoms with E-state index in [9.17, 15) is 19.8 Å². The van der Waals surface area contributed by atoms with Gasteiger partial charge >= 0.3 is 0 Å². The fraction of sp³-hybridized carbons (Fsp3) is 0.214. The number of aliphatic hydroxyl groups is 1. The molecule has 1 saturated heterocycles. The number of aryl methyl sites for hydroxylation is 4. The van der Waals surface area contributed by atoms with Crippen LogP contribution in [0.2, 0.25) is 5.02 Å². The highest BCUT2D eigenvalue weighted by molar-refractivity contribution is 6.51. The van der Waals surface area contributed by atoms with Crippen molar-refractivity contribution in [2.24, 2.45) is 0 Å². The van der Waals surface area contributed by atoms with E-state index in [4.69, 9.17) is 16.3 Å². The van der Waals surface area contributed by atoms with E-state index in [0.29, 0.717) is 28.1 Å². The number of aliphatic hydroxyl groups excluding tert-OH is 1. The number of nitrogens with zero attached hydrogens (tertiary/aromatic N) is 1. The van der Waals surface area contributed by atoms with Gasteiger partial charge in [0.05, 0.1) is 23.7 Å². The number of ether oxygens (including phenoxy) is 1. The van der Waals surface area contributed by atoms with Gasteiger partial charge in [0.25, 0.3) is 11.7 Å². The largest absolute Gasteiger partial charge is 0.507 e. The first-order valence-corrected chi connectivity index (χ1v) is 11.4. The number of anilines is 1. The van der Waals surface area contributed by atoms with E-state index in [-0.39, 0.29) is 22.1 Å². The van der Waals surface area contributed by atoms with Crippen LogP contribution in [-0.2, 0) is 9.59 Å². The minimum Gasteiger partial charge on any atom is -0.507 e. The Morgan fingerprint density at radius 3 is 2.26 bits per heavy atom. The normalized spacial score (nSPS) is 17.2. The molecule has 0 aromatic heterocycles. The summed E-state index contributed by atoms with van der Waals surface area (Å²) in [5.74, 6) is -1.32. The highest BCUT2D eigenvalue weighted by Crippen LogP contribution is 2.44. The molecule has 1 unspecified atom stereocenters. The number of Topliss-reactive ketones (excluding diaryl/α,β-unsaturated/α-hetero) is 1. The Morgan fingerprint density at radius 2 is 1.63 bits per heavy atom. The number of hydrogen-bond donors (Lipinski definition) is 2. The van der Waals surface area contributed by atoms with Gasteiger partial charge in [-0.3, -0.25) is 14.5 Å². The predicted octanol–water partition coefficient (Wildman–Crippen LogP) is 5.91. The summed E-state index contributed by atoms with van der Waals surface area (Å²) in [6.07, 6.45) is 0. The van der Waals surface area contributed by atoms with Crippen molar-refractivity contribution < 1.29 is 24.5 Å². The number of amides is 1. The number of phenolic OH excluding ortho intramolecular Hbond substituents is 1. The van der Waals surface area contributed by atoms with E-state index < -0.39 is 17.7 Å². The number of halogens is 1. The standard InChI is InChI=1S/C28H26ClNO5/c1-14-6-8-19(10-15(14)2)30-25(18-7-9-22(31)21(29)13-18)24(27(33)28(30)34)26(32)20-11-17(4)23(35-5)12-16(20)3/h6-13,25,31-32H,1-5H3/b26-24+. The lowest BCUT2D eigenvalue weighted by molar-refractivity contribution is -0.132. The van der Waals surface area contributed by atoms with Crippen molar-refractivity contribution in [3.8, 4) is 11.5 Å². The van der Waals surface area contributed by atoms with Gasteiger partial charge in [-0.25, -0.2) is 0 Å². The molecule has 1 fully saturated rings. The number of ketones is 1. The molecule has 1 atom stereocenters. The Morgan fingerprint density at radius 1 is 0.914 bits per heavy atom. The lowest BCUT2D eigenvalue weighted by atomic mass is 9.92. The number of rotatable bonds is 4. The van der Waals surface area contributed by atoms with E-state index in [1.54, 1.807) is 38.3 Å². The van der Waals surface area contributed by atoms with E-state index in [1.165, 1.54) is 17.0 Å². The summed E-state index contributed by atoms with van der Waals surface area (Å²) in [5.41, 5.74) is 4.82. The van der Waals surface area contributed by atoms with Crippen molar-refractivity contribution in [2.75, 3.05) is 12.0 Å². The molecular weight excluding hydrogens is 466 g/mol. The number of methoxy groups -OCH3 is 1. The third kappa shape index (κ3) is 4.15. The van der Waals surface area contributed by atoms with Crippen LogP contribution in [0.4, 0.5) is 5.69 Å². The van der Waals surface area contributed by atoms with Crippen LogP contribution >= 0.6 is 11.6 Å². The summed E-state index contributed by atoms with van der Waals surface area (Å²) in [7, 11) is 1.56. The lowest BCUT2D eigenvalue weighted by Gasteiger charge is -2.26. The number of aromatic hydroxyl groups is 1. The minimum atomic E-state index is -0.947. The van der Waals surface area contributed by atoms with Crippen molar-refractivity contribution in [1.82, 2.24) is 0 Å².